The second-order valence-electron chi connectivity index (χ2n) is 4.74. The third-order valence-corrected chi connectivity index (χ3v) is 3.38. The quantitative estimate of drug-likeness (QED) is 0.619. The lowest BCUT2D eigenvalue weighted by Crippen LogP contribution is -2.42. The number of benzene rings is 1. The van der Waals surface area contributed by atoms with E-state index < -0.39 is 0 Å². The van der Waals surface area contributed by atoms with Crippen molar-refractivity contribution in [1.82, 2.24) is 5.43 Å². The number of hydrazine groups is 1. The summed E-state index contributed by atoms with van der Waals surface area (Å²) in [4.78, 5) is 0. The summed E-state index contributed by atoms with van der Waals surface area (Å²) in [5.41, 5.74) is 3.95. The molecule has 0 saturated carbocycles. The molecule has 1 aromatic carbocycles. The fourth-order valence-electron chi connectivity index (χ4n) is 2.37. The Morgan fingerprint density at radius 3 is 2.71 bits per heavy atom. The smallest absolute Gasteiger partial charge is 0.123 e. The van der Waals surface area contributed by atoms with Gasteiger partial charge in [-0.25, -0.2) is 4.39 Å². The first-order valence-corrected chi connectivity index (χ1v) is 6.01. The Labute approximate surface area is 101 Å². The highest BCUT2D eigenvalue weighted by molar-refractivity contribution is 5.17. The molecule has 3 unspecified atom stereocenters. The van der Waals surface area contributed by atoms with E-state index >= 15 is 0 Å². The predicted molar refractivity (Wildman–Crippen MR) is 64.7 cm³/mol. The van der Waals surface area contributed by atoms with Crippen LogP contribution in [0, 0.1) is 11.7 Å². The van der Waals surface area contributed by atoms with E-state index in [-0.39, 0.29) is 11.9 Å². The molecule has 1 aliphatic heterocycles. The highest BCUT2D eigenvalue weighted by atomic mass is 19.1. The van der Waals surface area contributed by atoms with Crippen molar-refractivity contribution in [2.24, 2.45) is 11.8 Å². The van der Waals surface area contributed by atoms with Gasteiger partial charge in [0, 0.05) is 12.0 Å². The summed E-state index contributed by atoms with van der Waals surface area (Å²) in [6.45, 7) is 2.82. The van der Waals surface area contributed by atoms with Crippen molar-refractivity contribution >= 4 is 0 Å². The van der Waals surface area contributed by atoms with Gasteiger partial charge < -0.3 is 4.74 Å². The van der Waals surface area contributed by atoms with Crippen LogP contribution < -0.4 is 11.3 Å². The van der Waals surface area contributed by atoms with Crippen LogP contribution >= 0.6 is 0 Å². The van der Waals surface area contributed by atoms with Crippen LogP contribution in [-0.4, -0.2) is 18.8 Å². The zero-order valence-corrected chi connectivity index (χ0v) is 10.0. The molecule has 0 radical (unpaired) electrons. The van der Waals surface area contributed by atoms with Crippen molar-refractivity contribution in [1.29, 1.82) is 0 Å². The first-order chi connectivity index (χ1) is 8.19. The van der Waals surface area contributed by atoms with Crippen molar-refractivity contribution in [3.8, 4) is 0 Å². The molecule has 17 heavy (non-hydrogen) atoms. The Morgan fingerprint density at radius 1 is 1.47 bits per heavy atom. The van der Waals surface area contributed by atoms with Crippen molar-refractivity contribution < 1.29 is 9.13 Å². The Bertz CT molecular complexity index is 355. The maximum atomic E-state index is 12.8. The van der Waals surface area contributed by atoms with Crippen molar-refractivity contribution in [2.45, 2.75) is 31.9 Å². The van der Waals surface area contributed by atoms with E-state index in [1.807, 2.05) is 0 Å². The Kier molecular flexibility index (Phi) is 4.10. The largest absolute Gasteiger partial charge is 0.378 e. The van der Waals surface area contributed by atoms with Crippen LogP contribution in [-0.2, 0) is 11.2 Å². The number of hydrogen-bond donors (Lipinski definition) is 2. The molecule has 0 aromatic heterocycles. The van der Waals surface area contributed by atoms with Crippen LogP contribution in [0.2, 0.25) is 0 Å². The second kappa shape index (κ2) is 5.58. The van der Waals surface area contributed by atoms with E-state index in [1.54, 1.807) is 12.1 Å². The van der Waals surface area contributed by atoms with Crippen LogP contribution in [0.15, 0.2) is 24.3 Å². The second-order valence-corrected chi connectivity index (χ2v) is 4.74. The van der Waals surface area contributed by atoms with Gasteiger partial charge in [-0.15, -0.1) is 0 Å². The number of rotatable bonds is 4. The minimum absolute atomic E-state index is 0.186. The summed E-state index contributed by atoms with van der Waals surface area (Å²) in [5.74, 6) is 5.82. The van der Waals surface area contributed by atoms with Gasteiger partial charge in [-0.1, -0.05) is 12.1 Å². The summed E-state index contributed by atoms with van der Waals surface area (Å²) in [6, 6.07) is 6.76. The summed E-state index contributed by atoms with van der Waals surface area (Å²) in [5, 5.41) is 0. The number of nitrogens with two attached hydrogens (primary N) is 1. The summed E-state index contributed by atoms with van der Waals surface area (Å²) >= 11 is 0. The first kappa shape index (κ1) is 12.5. The molecule has 4 heteroatoms. The van der Waals surface area contributed by atoms with E-state index in [9.17, 15) is 4.39 Å². The maximum Gasteiger partial charge on any atom is 0.123 e. The minimum Gasteiger partial charge on any atom is -0.378 e. The molecule has 3 atom stereocenters. The molecule has 1 aromatic rings. The molecular formula is C13H19FN2O. The van der Waals surface area contributed by atoms with E-state index in [1.165, 1.54) is 12.1 Å². The number of hydrogen-bond acceptors (Lipinski definition) is 3. The molecule has 1 saturated heterocycles. The third kappa shape index (κ3) is 3.25. The Balaban J connectivity index is 1.97. The van der Waals surface area contributed by atoms with Gasteiger partial charge in [0.1, 0.15) is 5.82 Å². The van der Waals surface area contributed by atoms with Crippen molar-refractivity contribution in [3.63, 3.8) is 0 Å². The zero-order chi connectivity index (χ0) is 12.3. The average molecular weight is 238 g/mol. The average Bonchev–Trinajstić information content (AvgIpc) is 2.75. The van der Waals surface area contributed by atoms with Crippen LogP contribution in [0.25, 0.3) is 0 Å². The highest BCUT2D eigenvalue weighted by Gasteiger charge is 2.28. The molecule has 2 rings (SSSR count). The van der Waals surface area contributed by atoms with Gasteiger partial charge in [0.2, 0.25) is 0 Å². The molecule has 1 fully saturated rings. The fourth-order valence-corrected chi connectivity index (χ4v) is 2.37. The van der Waals surface area contributed by atoms with Crippen molar-refractivity contribution in [3.05, 3.63) is 35.6 Å². The highest BCUT2D eigenvalue weighted by Crippen LogP contribution is 2.24. The Morgan fingerprint density at radius 2 is 2.18 bits per heavy atom. The number of ether oxygens (including phenoxy) is 1. The normalized spacial score (nSPS) is 26.1. The maximum absolute atomic E-state index is 12.8. The molecule has 94 valence electrons. The van der Waals surface area contributed by atoms with Gasteiger partial charge >= 0.3 is 0 Å². The van der Waals surface area contributed by atoms with E-state index in [2.05, 4.69) is 12.3 Å². The third-order valence-electron chi connectivity index (χ3n) is 3.38. The number of halogens is 1. The van der Waals surface area contributed by atoms with Gasteiger partial charge in [0.05, 0.1) is 12.7 Å². The summed E-state index contributed by atoms with van der Waals surface area (Å²) < 4.78 is 18.3. The molecule has 3 N–H and O–H groups in total. The minimum atomic E-state index is -0.205. The molecule has 0 bridgehead atoms. The SMILES string of the molecule is CC1CC(C(Cc2ccc(F)cc2)NN)CO1. The van der Waals surface area contributed by atoms with Gasteiger partial charge in [0.15, 0.2) is 0 Å². The molecule has 1 heterocycles. The van der Waals surface area contributed by atoms with Gasteiger partial charge in [-0.3, -0.25) is 11.3 Å². The van der Waals surface area contributed by atoms with E-state index in [4.69, 9.17) is 10.6 Å². The number of nitrogens with one attached hydrogen (secondary N) is 1. The molecule has 1 aliphatic rings. The lowest BCUT2D eigenvalue weighted by Gasteiger charge is -2.21. The van der Waals surface area contributed by atoms with Crippen LogP contribution in [0.4, 0.5) is 4.39 Å². The van der Waals surface area contributed by atoms with Crippen LogP contribution in [0.3, 0.4) is 0 Å². The van der Waals surface area contributed by atoms with E-state index in [0.29, 0.717) is 12.0 Å². The topological polar surface area (TPSA) is 47.3 Å². The fraction of sp³-hybridized carbons (Fsp3) is 0.538. The van der Waals surface area contributed by atoms with Gasteiger partial charge in [-0.05, 0) is 37.5 Å². The lowest BCUT2D eigenvalue weighted by molar-refractivity contribution is 0.117. The lowest BCUT2D eigenvalue weighted by atomic mass is 9.92. The summed E-state index contributed by atoms with van der Waals surface area (Å²) in [6.07, 6.45) is 2.14. The monoisotopic (exact) mass is 238 g/mol. The molecule has 0 aliphatic carbocycles. The standard InChI is InChI=1S/C13H19FN2O/c1-9-6-11(8-17-9)13(16-15)7-10-2-4-12(14)5-3-10/h2-5,9,11,13,16H,6-8,15H2,1H3. The molecular weight excluding hydrogens is 219 g/mol. The van der Waals surface area contributed by atoms with Crippen LogP contribution in [0.1, 0.15) is 18.9 Å². The first-order valence-electron chi connectivity index (χ1n) is 6.01. The van der Waals surface area contributed by atoms with E-state index in [0.717, 1.165) is 25.0 Å². The molecule has 0 amide bonds. The van der Waals surface area contributed by atoms with Gasteiger partial charge in [-0.2, -0.15) is 0 Å². The van der Waals surface area contributed by atoms with Crippen molar-refractivity contribution in [2.75, 3.05) is 6.61 Å². The van der Waals surface area contributed by atoms with Gasteiger partial charge in [0.25, 0.3) is 0 Å². The zero-order valence-electron chi connectivity index (χ0n) is 10.0. The summed E-state index contributed by atoms with van der Waals surface area (Å²) in [7, 11) is 0. The van der Waals surface area contributed by atoms with Crippen LogP contribution in [0.5, 0.6) is 0 Å². The molecule has 0 spiro atoms. The Hall–Kier alpha value is -0.970. The predicted octanol–water partition coefficient (Wildman–Crippen LogP) is 1.63. The molecule has 3 nitrogen and oxygen atoms in total.